The van der Waals surface area contributed by atoms with Crippen molar-refractivity contribution in [1.29, 1.82) is 0 Å². The van der Waals surface area contributed by atoms with E-state index in [9.17, 15) is 4.79 Å². The van der Waals surface area contributed by atoms with Crippen LogP contribution in [0, 0.1) is 0 Å². The topological polar surface area (TPSA) is 50.2 Å². The second-order valence-corrected chi connectivity index (χ2v) is 5.29. The minimum atomic E-state index is -0.0479. The molecule has 1 amide bonds. The molecule has 2 rings (SSSR count). The zero-order valence-electron chi connectivity index (χ0n) is 12.4. The molecule has 2 aromatic rings. The van der Waals surface area contributed by atoms with Crippen molar-refractivity contribution in [2.24, 2.45) is 0 Å². The van der Waals surface area contributed by atoms with Crippen LogP contribution in [-0.4, -0.2) is 34.7 Å². The number of carbonyl (C=O) groups excluding carboxylic acids is 1. The van der Waals surface area contributed by atoms with E-state index in [2.05, 4.69) is 10.4 Å². The molecular weight excluding hydrogens is 288 g/mol. The average Bonchev–Trinajstić information content (AvgIpc) is 2.93. The minimum Gasteiger partial charge on any atom is -0.378 e. The predicted octanol–water partition coefficient (Wildman–Crippen LogP) is 2.87. The molecule has 0 saturated heterocycles. The highest BCUT2D eigenvalue weighted by molar-refractivity contribution is 6.33. The highest BCUT2D eigenvalue weighted by Crippen LogP contribution is 2.24. The van der Waals surface area contributed by atoms with Crippen molar-refractivity contribution in [2.45, 2.75) is 20.0 Å². The van der Waals surface area contributed by atoms with Crippen LogP contribution in [0.15, 0.2) is 30.5 Å². The largest absolute Gasteiger partial charge is 0.378 e. The molecule has 0 bridgehead atoms. The summed E-state index contributed by atoms with van der Waals surface area (Å²) >= 11 is 6.18. The van der Waals surface area contributed by atoms with Crippen LogP contribution in [-0.2, 0) is 13.1 Å². The van der Waals surface area contributed by atoms with E-state index >= 15 is 0 Å². The summed E-state index contributed by atoms with van der Waals surface area (Å²) < 4.78 is 1.91. The van der Waals surface area contributed by atoms with E-state index < -0.39 is 0 Å². The van der Waals surface area contributed by atoms with Crippen LogP contribution in [0.5, 0.6) is 0 Å². The maximum Gasteiger partial charge on any atom is 0.253 e. The van der Waals surface area contributed by atoms with Gasteiger partial charge in [0.25, 0.3) is 5.91 Å². The number of anilines is 1. The molecule has 0 fully saturated rings. The van der Waals surface area contributed by atoms with Gasteiger partial charge >= 0.3 is 0 Å². The summed E-state index contributed by atoms with van der Waals surface area (Å²) in [4.78, 5) is 13.5. The summed E-state index contributed by atoms with van der Waals surface area (Å²) in [6.45, 7) is 3.46. The summed E-state index contributed by atoms with van der Waals surface area (Å²) in [7, 11) is 3.45. The third-order valence-electron chi connectivity index (χ3n) is 3.18. The van der Waals surface area contributed by atoms with Crippen LogP contribution in [0.2, 0.25) is 5.02 Å². The summed E-state index contributed by atoms with van der Waals surface area (Å²) in [6.07, 6.45) is 1.77. The summed E-state index contributed by atoms with van der Waals surface area (Å²) in [5.41, 5.74) is 2.42. The second kappa shape index (κ2) is 6.63. The van der Waals surface area contributed by atoms with Gasteiger partial charge in [-0.3, -0.25) is 9.48 Å². The van der Waals surface area contributed by atoms with Crippen LogP contribution < -0.4 is 5.32 Å². The molecule has 1 N–H and O–H groups in total. The van der Waals surface area contributed by atoms with Crippen LogP contribution in [0.25, 0.3) is 0 Å². The molecule has 21 heavy (non-hydrogen) atoms. The Hall–Kier alpha value is -2.01. The molecule has 0 saturated carbocycles. The van der Waals surface area contributed by atoms with E-state index in [-0.39, 0.29) is 5.91 Å². The molecule has 0 radical (unpaired) electrons. The molecule has 0 unspecified atom stereocenters. The first-order chi connectivity index (χ1) is 10.0. The molecule has 0 aliphatic rings. The molecule has 1 aromatic carbocycles. The lowest BCUT2D eigenvalue weighted by Gasteiger charge is -2.13. The van der Waals surface area contributed by atoms with Gasteiger partial charge < -0.3 is 10.2 Å². The lowest BCUT2D eigenvalue weighted by atomic mass is 10.1. The quantitative estimate of drug-likeness (QED) is 0.924. The number of benzene rings is 1. The van der Waals surface area contributed by atoms with Crippen molar-refractivity contribution >= 4 is 23.2 Å². The summed E-state index contributed by atoms with van der Waals surface area (Å²) in [6, 6.07) is 7.19. The number of nitrogens with zero attached hydrogens (tertiary/aromatic N) is 3. The van der Waals surface area contributed by atoms with Crippen LogP contribution in [0.1, 0.15) is 23.0 Å². The Kier molecular flexibility index (Phi) is 4.85. The smallest absolute Gasteiger partial charge is 0.253 e. The van der Waals surface area contributed by atoms with E-state index in [1.165, 1.54) is 0 Å². The molecule has 6 heteroatoms. The Bertz CT molecular complexity index is 636. The number of aryl methyl sites for hydroxylation is 1. The van der Waals surface area contributed by atoms with Gasteiger partial charge in [0, 0.05) is 32.4 Å². The van der Waals surface area contributed by atoms with Gasteiger partial charge in [0.05, 0.1) is 22.9 Å². The maximum atomic E-state index is 12.0. The zero-order chi connectivity index (χ0) is 15.4. The van der Waals surface area contributed by atoms with E-state index in [0.29, 0.717) is 17.1 Å². The number of rotatable bonds is 5. The molecule has 112 valence electrons. The Balaban J connectivity index is 2.16. The number of hydrogen-bond donors (Lipinski definition) is 1. The average molecular weight is 307 g/mol. The van der Waals surface area contributed by atoms with Crippen LogP contribution in [0.3, 0.4) is 0 Å². The van der Waals surface area contributed by atoms with E-state index in [1.807, 2.05) is 17.7 Å². The summed E-state index contributed by atoms with van der Waals surface area (Å²) in [5.74, 6) is -0.0479. The van der Waals surface area contributed by atoms with Gasteiger partial charge in [0.1, 0.15) is 0 Å². The van der Waals surface area contributed by atoms with Gasteiger partial charge in [-0.1, -0.05) is 11.6 Å². The fraction of sp³-hybridized carbons (Fsp3) is 0.333. The molecule has 0 aliphatic carbocycles. The van der Waals surface area contributed by atoms with E-state index in [1.54, 1.807) is 43.4 Å². The number of aromatic nitrogens is 2. The lowest BCUT2D eigenvalue weighted by molar-refractivity contribution is 0.0827. The van der Waals surface area contributed by atoms with Gasteiger partial charge in [-0.15, -0.1) is 0 Å². The Morgan fingerprint density at radius 3 is 2.81 bits per heavy atom. The van der Waals surface area contributed by atoms with Gasteiger partial charge in [-0.25, -0.2) is 0 Å². The maximum absolute atomic E-state index is 12.0. The molecule has 0 atom stereocenters. The molecule has 0 spiro atoms. The molecule has 1 heterocycles. The highest BCUT2D eigenvalue weighted by atomic mass is 35.5. The normalized spacial score (nSPS) is 10.5. The SMILES string of the molecule is CCn1nccc1CNc1cc(C(=O)N(C)C)ccc1Cl. The Morgan fingerprint density at radius 1 is 1.38 bits per heavy atom. The third-order valence-corrected chi connectivity index (χ3v) is 3.51. The van der Waals surface area contributed by atoms with E-state index in [0.717, 1.165) is 17.9 Å². The molecule has 1 aromatic heterocycles. The van der Waals surface area contributed by atoms with Crippen LogP contribution in [0.4, 0.5) is 5.69 Å². The number of hydrogen-bond acceptors (Lipinski definition) is 3. The van der Waals surface area contributed by atoms with Gasteiger partial charge in [0.2, 0.25) is 0 Å². The van der Waals surface area contributed by atoms with Crippen molar-refractivity contribution in [3.05, 3.63) is 46.7 Å². The number of carbonyl (C=O) groups is 1. The monoisotopic (exact) mass is 306 g/mol. The van der Waals surface area contributed by atoms with Crippen molar-refractivity contribution < 1.29 is 4.79 Å². The minimum absolute atomic E-state index is 0.0479. The fourth-order valence-electron chi connectivity index (χ4n) is 2.03. The lowest BCUT2D eigenvalue weighted by Crippen LogP contribution is -2.21. The van der Waals surface area contributed by atoms with E-state index in [4.69, 9.17) is 11.6 Å². The number of amides is 1. The number of halogens is 1. The number of nitrogens with one attached hydrogen (secondary N) is 1. The molecule has 5 nitrogen and oxygen atoms in total. The van der Waals surface area contributed by atoms with Crippen molar-refractivity contribution in [3.8, 4) is 0 Å². The standard InChI is InChI=1S/C15H19ClN4O/c1-4-20-12(7-8-18-20)10-17-14-9-11(5-6-13(14)16)15(21)19(2)3/h5-9,17H,4,10H2,1-3H3. The first-order valence-electron chi connectivity index (χ1n) is 6.78. The van der Waals surface area contributed by atoms with Gasteiger partial charge in [-0.2, -0.15) is 5.10 Å². The Labute approximate surface area is 129 Å². The van der Waals surface area contributed by atoms with Gasteiger partial charge in [-0.05, 0) is 31.2 Å². The van der Waals surface area contributed by atoms with Crippen LogP contribution >= 0.6 is 11.6 Å². The molecule has 0 aliphatic heterocycles. The zero-order valence-corrected chi connectivity index (χ0v) is 13.2. The first-order valence-corrected chi connectivity index (χ1v) is 7.16. The predicted molar refractivity (Wildman–Crippen MR) is 84.7 cm³/mol. The Morgan fingerprint density at radius 2 is 2.14 bits per heavy atom. The molecular formula is C15H19ClN4O. The third kappa shape index (κ3) is 3.55. The first kappa shape index (κ1) is 15.4. The summed E-state index contributed by atoms with van der Waals surface area (Å²) in [5, 5.41) is 8.07. The van der Waals surface area contributed by atoms with Crippen molar-refractivity contribution in [1.82, 2.24) is 14.7 Å². The van der Waals surface area contributed by atoms with Crippen molar-refractivity contribution in [3.63, 3.8) is 0 Å². The second-order valence-electron chi connectivity index (χ2n) is 4.89. The highest BCUT2D eigenvalue weighted by Gasteiger charge is 2.11. The fourth-order valence-corrected chi connectivity index (χ4v) is 2.22. The van der Waals surface area contributed by atoms with Gasteiger partial charge in [0.15, 0.2) is 0 Å². The van der Waals surface area contributed by atoms with Crippen molar-refractivity contribution in [2.75, 3.05) is 19.4 Å².